The van der Waals surface area contributed by atoms with Crippen LogP contribution >= 0.6 is 11.6 Å². The molecule has 0 fully saturated rings. The second-order valence-electron chi connectivity index (χ2n) is 2.06. The quantitative estimate of drug-likeness (QED) is 0.424. The molecule has 0 N–H and O–H groups in total. The van der Waals surface area contributed by atoms with E-state index in [0.29, 0.717) is 0 Å². The summed E-state index contributed by atoms with van der Waals surface area (Å²) in [5, 5.41) is 0. The summed E-state index contributed by atoms with van der Waals surface area (Å²) in [7, 11) is 0. The minimum atomic E-state index is 0.730. The number of hydrogen-bond donors (Lipinski definition) is 0. The summed E-state index contributed by atoms with van der Waals surface area (Å²) in [5.74, 6) is 0.730. The highest BCUT2D eigenvalue weighted by molar-refractivity contribution is 6.17. The minimum absolute atomic E-state index is 0.730. The molecule has 10 heavy (non-hydrogen) atoms. The Morgan fingerprint density at radius 2 is 1.80 bits per heavy atom. The maximum Gasteiger partial charge on any atom is 0.0258 e. The van der Waals surface area contributed by atoms with E-state index < -0.39 is 0 Å². The molecule has 0 spiro atoms. The fourth-order valence-electron chi connectivity index (χ4n) is 0.619. The Labute approximate surface area is 68.6 Å². The molecule has 0 saturated heterocycles. The lowest BCUT2D eigenvalue weighted by Gasteiger charge is -1.82. The van der Waals surface area contributed by atoms with Crippen LogP contribution in [0.1, 0.15) is 26.2 Å². The largest absolute Gasteiger partial charge is 0.126 e. The predicted octanol–water partition coefficient (Wildman–Crippen LogP) is 3.53. The van der Waals surface area contributed by atoms with Crippen LogP contribution in [0.15, 0.2) is 24.3 Å². The highest BCUT2D eigenvalue weighted by atomic mass is 35.5. The SMILES string of the molecule is CC/C=C\C/C=C\CCCl. The first-order valence-electron chi connectivity index (χ1n) is 3.77. The van der Waals surface area contributed by atoms with E-state index in [9.17, 15) is 0 Å². The Kier molecular flexibility index (Phi) is 8.57. The van der Waals surface area contributed by atoms with Crippen molar-refractivity contribution in [3.8, 4) is 0 Å². The van der Waals surface area contributed by atoms with Crippen molar-refractivity contribution in [3.63, 3.8) is 0 Å². The second kappa shape index (κ2) is 8.77. The first-order chi connectivity index (χ1) is 4.91. The van der Waals surface area contributed by atoms with Gasteiger partial charge in [-0.1, -0.05) is 31.2 Å². The van der Waals surface area contributed by atoms with Gasteiger partial charge in [0.05, 0.1) is 0 Å². The minimum Gasteiger partial charge on any atom is -0.126 e. The van der Waals surface area contributed by atoms with E-state index in [1.54, 1.807) is 0 Å². The van der Waals surface area contributed by atoms with Gasteiger partial charge in [-0.2, -0.15) is 0 Å². The van der Waals surface area contributed by atoms with Crippen LogP contribution < -0.4 is 0 Å². The van der Waals surface area contributed by atoms with E-state index in [1.165, 1.54) is 0 Å². The van der Waals surface area contributed by atoms with Gasteiger partial charge < -0.3 is 0 Å². The molecule has 0 aromatic heterocycles. The van der Waals surface area contributed by atoms with Crippen molar-refractivity contribution in [2.75, 3.05) is 5.88 Å². The maximum atomic E-state index is 5.47. The third-order valence-electron chi connectivity index (χ3n) is 1.12. The van der Waals surface area contributed by atoms with Crippen molar-refractivity contribution in [3.05, 3.63) is 24.3 Å². The van der Waals surface area contributed by atoms with Gasteiger partial charge >= 0.3 is 0 Å². The van der Waals surface area contributed by atoms with Crippen molar-refractivity contribution >= 4 is 11.6 Å². The zero-order chi connectivity index (χ0) is 7.66. The van der Waals surface area contributed by atoms with Crippen molar-refractivity contribution in [1.82, 2.24) is 0 Å². The molecule has 0 aromatic carbocycles. The number of hydrogen-bond acceptors (Lipinski definition) is 0. The standard InChI is InChI=1S/C9H15Cl/c1-2-3-4-5-6-7-8-9-10/h3-4,6-7H,2,5,8-9H2,1H3/b4-3-,7-6-. The first-order valence-corrected chi connectivity index (χ1v) is 4.31. The topological polar surface area (TPSA) is 0 Å². The average molecular weight is 159 g/mol. The van der Waals surface area contributed by atoms with Crippen molar-refractivity contribution in [2.24, 2.45) is 0 Å². The number of alkyl halides is 1. The Hall–Kier alpha value is -0.230. The van der Waals surface area contributed by atoms with E-state index in [4.69, 9.17) is 11.6 Å². The highest BCUT2D eigenvalue weighted by Gasteiger charge is 1.72. The molecule has 0 amide bonds. The normalized spacial score (nSPS) is 11.8. The summed E-state index contributed by atoms with van der Waals surface area (Å²) in [4.78, 5) is 0. The lowest BCUT2D eigenvalue weighted by molar-refractivity contribution is 1.18. The van der Waals surface area contributed by atoms with Crippen LogP contribution in [0, 0.1) is 0 Å². The van der Waals surface area contributed by atoms with Gasteiger partial charge in [-0.3, -0.25) is 0 Å². The molecule has 0 rings (SSSR count). The lowest BCUT2D eigenvalue weighted by atomic mass is 10.3. The molecule has 0 nitrogen and oxygen atoms in total. The van der Waals surface area contributed by atoms with Crippen LogP contribution in [-0.4, -0.2) is 5.88 Å². The van der Waals surface area contributed by atoms with Crippen molar-refractivity contribution < 1.29 is 0 Å². The van der Waals surface area contributed by atoms with Gasteiger partial charge in [-0.25, -0.2) is 0 Å². The molecule has 0 bridgehead atoms. The number of allylic oxidation sites excluding steroid dienone is 4. The Morgan fingerprint density at radius 1 is 1.10 bits per heavy atom. The summed E-state index contributed by atoms with van der Waals surface area (Å²) in [5.41, 5.74) is 0. The zero-order valence-electron chi connectivity index (χ0n) is 6.52. The van der Waals surface area contributed by atoms with Crippen molar-refractivity contribution in [2.45, 2.75) is 26.2 Å². The molecule has 0 heterocycles. The lowest BCUT2D eigenvalue weighted by Crippen LogP contribution is -1.65. The summed E-state index contributed by atoms with van der Waals surface area (Å²) in [6.45, 7) is 2.14. The Morgan fingerprint density at radius 3 is 2.40 bits per heavy atom. The molecule has 0 aliphatic heterocycles. The van der Waals surface area contributed by atoms with Crippen LogP contribution in [0.5, 0.6) is 0 Å². The Balaban J connectivity index is 3.09. The van der Waals surface area contributed by atoms with Crippen LogP contribution in [0.3, 0.4) is 0 Å². The van der Waals surface area contributed by atoms with E-state index in [0.717, 1.165) is 25.1 Å². The summed E-state index contributed by atoms with van der Waals surface area (Å²) in [6, 6.07) is 0. The molecule has 0 aromatic rings. The van der Waals surface area contributed by atoms with Crippen LogP contribution in [-0.2, 0) is 0 Å². The van der Waals surface area contributed by atoms with E-state index >= 15 is 0 Å². The highest BCUT2D eigenvalue weighted by Crippen LogP contribution is 1.91. The molecule has 0 unspecified atom stereocenters. The molecule has 0 atom stereocenters. The third-order valence-corrected chi connectivity index (χ3v) is 1.34. The number of halogens is 1. The van der Waals surface area contributed by atoms with Gasteiger partial charge in [-0.05, 0) is 19.3 Å². The fourth-order valence-corrected chi connectivity index (χ4v) is 0.745. The molecule has 0 radical (unpaired) electrons. The third kappa shape index (κ3) is 7.77. The van der Waals surface area contributed by atoms with Gasteiger partial charge in [0.2, 0.25) is 0 Å². The van der Waals surface area contributed by atoms with Crippen molar-refractivity contribution in [1.29, 1.82) is 0 Å². The monoisotopic (exact) mass is 158 g/mol. The summed E-state index contributed by atoms with van der Waals surface area (Å²) in [6.07, 6.45) is 11.8. The van der Waals surface area contributed by atoms with E-state index in [2.05, 4.69) is 31.2 Å². The molecule has 0 aliphatic carbocycles. The molecular weight excluding hydrogens is 144 g/mol. The molecule has 0 saturated carbocycles. The molecule has 58 valence electrons. The first kappa shape index (κ1) is 9.77. The second-order valence-corrected chi connectivity index (χ2v) is 2.44. The van der Waals surface area contributed by atoms with Crippen LogP contribution in [0.4, 0.5) is 0 Å². The molecular formula is C9H15Cl. The fraction of sp³-hybridized carbons (Fsp3) is 0.556. The van der Waals surface area contributed by atoms with Gasteiger partial charge in [0.15, 0.2) is 0 Å². The smallest absolute Gasteiger partial charge is 0.0258 e. The van der Waals surface area contributed by atoms with Gasteiger partial charge in [0.1, 0.15) is 0 Å². The molecule has 1 heteroatoms. The predicted molar refractivity (Wildman–Crippen MR) is 48.5 cm³/mol. The van der Waals surface area contributed by atoms with Crippen LogP contribution in [0.2, 0.25) is 0 Å². The van der Waals surface area contributed by atoms with Gasteiger partial charge in [0, 0.05) is 5.88 Å². The van der Waals surface area contributed by atoms with Gasteiger partial charge in [0.25, 0.3) is 0 Å². The zero-order valence-corrected chi connectivity index (χ0v) is 7.27. The molecule has 0 aliphatic rings. The summed E-state index contributed by atoms with van der Waals surface area (Å²) >= 11 is 5.47. The maximum absolute atomic E-state index is 5.47. The van der Waals surface area contributed by atoms with E-state index in [-0.39, 0.29) is 0 Å². The van der Waals surface area contributed by atoms with Gasteiger partial charge in [-0.15, -0.1) is 11.6 Å². The van der Waals surface area contributed by atoms with Crippen LogP contribution in [0.25, 0.3) is 0 Å². The summed E-state index contributed by atoms with van der Waals surface area (Å²) < 4.78 is 0. The Bertz CT molecular complexity index is 103. The van der Waals surface area contributed by atoms with E-state index in [1.807, 2.05) is 0 Å². The number of rotatable bonds is 5. The average Bonchev–Trinajstić information content (AvgIpc) is 1.97.